The molecular formula is C21H29NO2. The molecule has 2 aromatic carbocycles. The van der Waals surface area contributed by atoms with Gasteiger partial charge in [-0.15, -0.1) is 0 Å². The monoisotopic (exact) mass is 327 g/mol. The highest BCUT2D eigenvalue weighted by Gasteiger charge is 2.13. The van der Waals surface area contributed by atoms with E-state index in [0.717, 1.165) is 30.8 Å². The lowest BCUT2D eigenvalue weighted by Crippen LogP contribution is -2.35. The first-order valence-electron chi connectivity index (χ1n) is 8.73. The van der Waals surface area contributed by atoms with Crippen LogP contribution in [0.25, 0.3) is 0 Å². The summed E-state index contributed by atoms with van der Waals surface area (Å²) in [6.45, 7) is 9.06. The Bertz CT molecular complexity index is 627. The average Bonchev–Trinajstić information content (AvgIpc) is 2.54. The Labute approximate surface area is 145 Å². The van der Waals surface area contributed by atoms with E-state index in [0.29, 0.717) is 13.2 Å². The van der Waals surface area contributed by atoms with Gasteiger partial charge in [0.05, 0.1) is 0 Å². The lowest BCUT2D eigenvalue weighted by molar-refractivity contribution is 0.0653. The molecule has 3 heteroatoms. The molecule has 0 amide bonds. The van der Waals surface area contributed by atoms with E-state index in [4.69, 9.17) is 4.74 Å². The number of hydrogen-bond acceptors (Lipinski definition) is 3. The van der Waals surface area contributed by atoms with Crippen LogP contribution in [0, 0.1) is 13.8 Å². The van der Waals surface area contributed by atoms with Crippen LogP contribution < -0.4 is 4.74 Å². The third-order valence-electron chi connectivity index (χ3n) is 4.02. The van der Waals surface area contributed by atoms with Crippen LogP contribution in [0.15, 0.2) is 48.5 Å². The van der Waals surface area contributed by atoms with Gasteiger partial charge in [0.1, 0.15) is 18.5 Å². The summed E-state index contributed by atoms with van der Waals surface area (Å²) in [5.74, 6) is 0.845. The second kappa shape index (κ2) is 9.45. The normalized spacial score (nSPS) is 12.4. The minimum Gasteiger partial charge on any atom is -0.491 e. The standard InChI is InChI=1S/C21H29NO2/c1-4-12-22(14-19-10-7-8-17(2)13-19)15-20(23)16-24-21-11-6-5-9-18(21)3/h5-11,13,20,23H,4,12,14-16H2,1-3H3/t20-/m0/s1. The van der Waals surface area contributed by atoms with Crippen molar-refractivity contribution in [2.75, 3.05) is 19.7 Å². The highest BCUT2D eigenvalue weighted by atomic mass is 16.5. The van der Waals surface area contributed by atoms with Crippen LogP contribution in [0.4, 0.5) is 0 Å². The van der Waals surface area contributed by atoms with Crippen molar-refractivity contribution in [3.8, 4) is 5.75 Å². The van der Waals surface area contributed by atoms with Crippen molar-refractivity contribution >= 4 is 0 Å². The van der Waals surface area contributed by atoms with Crippen LogP contribution in [0.1, 0.15) is 30.0 Å². The van der Waals surface area contributed by atoms with Crippen molar-refractivity contribution in [2.45, 2.75) is 39.8 Å². The highest BCUT2D eigenvalue weighted by molar-refractivity contribution is 5.31. The number of aryl methyl sites for hydroxylation is 2. The molecule has 130 valence electrons. The Kier molecular flexibility index (Phi) is 7.29. The minimum absolute atomic E-state index is 0.318. The Morgan fingerprint density at radius 2 is 1.88 bits per heavy atom. The number of benzene rings is 2. The largest absolute Gasteiger partial charge is 0.491 e. The molecule has 1 N–H and O–H groups in total. The molecule has 0 aliphatic rings. The molecule has 2 aromatic rings. The number of rotatable bonds is 9. The molecule has 0 radical (unpaired) electrons. The van der Waals surface area contributed by atoms with E-state index in [1.54, 1.807) is 0 Å². The fourth-order valence-corrected chi connectivity index (χ4v) is 2.87. The maximum Gasteiger partial charge on any atom is 0.122 e. The second-order valence-corrected chi connectivity index (χ2v) is 6.45. The van der Waals surface area contributed by atoms with Crippen LogP contribution in [-0.2, 0) is 6.54 Å². The highest BCUT2D eigenvalue weighted by Crippen LogP contribution is 2.16. The van der Waals surface area contributed by atoms with Gasteiger partial charge >= 0.3 is 0 Å². The van der Waals surface area contributed by atoms with Gasteiger partial charge in [-0.2, -0.15) is 0 Å². The van der Waals surface area contributed by atoms with Crippen molar-refractivity contribution in [3.05, 3.63) is 65.2 Å². The summed E-state index contributed by atoms with van der Waals surface area (Å²) >= 11 is 0. The van der Waals surface area contributed by atoms with E-state index in [-0.39, 0.29) is 0 Å². The molecule has 0 fully saturated rings. The van der Waals surface area contributed by atoms with Gasteiger partial charge in [-0.3, -0.25) is 4.90 Å². The molecule has 24 heavy (non-hydrogen) atoms. The van der Waals surface area contributed by atoms with Crippen LogP contribution in [0.2, 0.25) is 0 Å². The lowest BCUT2D eigenvalue weighted by atomic mass is 10.1. The van der Waals surface area contributed by atoms with Gasteiger partial charge in [0, 0.05) is 13.1 Å². The molecule has 0 aromatic heterocycles. The number of ether oxygens (including phenoxy) is 1. The zero-order valence-corrected chi connectivity index (χ0v) is 15.0. The quantitative estimate of drug-likeness (QED) is 0.757. The summed E-state index contributed by atoms with van der Waals surface area (Å²) in [6, 6.07) is 16.5. The number of nitrogens with zero attached hydrogens (tertiary/aromatic N) is 1. The summed E-state index contributed by atoms with van der Waals surface area (Å²) in [5.41, 5.74) is 3.65. The molecule has 0 heterocycles. The Morgan fingerprint density at radius 3 is 2.58 bits per heavy atom. The predicted octanol–water partition coefficient (Wildman–Crippen LogP) is 3.96. The average molecular weight is 327 g/mol. The van der Waals surface area contributed by atoms with Crippen LogP contribution in [0.5, 0.6) is 5.75 Å². The van der Waals surface area contributed by atoms with E-state index in [9.17, 15) is 5.11 Å². The minimum atomic E-state index is -0.499. The summed E-state index contributed by atoms with van der Waals surface area (Å²) in [7, 11) is 0. The van der Waals surface area contributed by atoms with E-state index < -0.39 is 6.10 Å². The topological polar surface area (TPSA) is 32.7 Å². The SMILES string of the molecule is CCCN(Cc1cccc(C)c1)C[C@H](O)COc1ccccc1C. The maximum absolute atomic E-state index is 10.4. The van der Waals surface area contributed by atoms with Gasteiger partial charge in [0.25, 0.3) is 0 Å². The van der Waals surface area contributed by atoms with Gasteiger partial charge in [-0.05, 0) is 44.0 Å². The van der Waals surface area contributed by atoms with Gasteiger partial charge in [-0.25, -0.2) is 0 Å². The lowest BCUT2D eigenvalue weighted by Gasteiger charge is -2.25. The number of para-hydroxylation sites is 1. The Balaban J connectivity index is 1.88. The zero-order chi connectivity index (χ0) is 17.4. The molecular weight excluding hydrogens is 298 g/mol. The molecule has 3 nitrogen and oxygen atoms in total. The zero-order valence-electron chi connectivity index (χ0n) is 15.0. The molecule has 0 bridgehead atoms. The van der Waals surface area contributed by atoms with Crippen molar-refractivity contribution in [3.63, 3.8) is 0 Å². The fraction of sp³-hybridized carbons (Fsp3) is 0.429. The Morgan fingerprint density at radius 1 is 1.08 bits per heavy atom. The Hall–Kier alpha value is -1.84. The van der Waals surface area contributed by atoms with E-state index in [2.05, 4.69) is 43.0 Å². The summed E-state index contributed by atoms with van der Waals surface area (Å²) in [5, 5.41) is 10.4. The summed E-state index contributed by atoms with van der Waals surface area (Å²) in [4.78, 5) is 2.29. The molecule has 0 unspecified atom stereocenters. The van der Waals surface area contributed by atoms with Gasteiger partial charge in [0.2, 0.25) is 0 Å². The van der Waals surface area contributed by atoms with Gasteiger partial charge in [0.15, 0.2) is 0 Å². The first kappa shape index (κ1) is 18.5. The first-order valence-corrected chi connectivity index (χ1v) is 8.73. The van der Waals surface area contributed by atoms with E-state index >= 15 is 0 Å². The first-order chi connectivity index (χ1) is 11.6. The third-order valence-corrected chi connectivity index (χ3v) is 4.02. The molecule has 1 atom stereocenters. The number of aliphatic hydroxyl groups excluding tert-OH is 1. The van der Waals surface area contributed by atoms with E-state index in [1.807, 2.05) is 31.2 Å². The number of hydrogen-bond donors (Lipinski definition) is 1. The van der Waals surface area contributed by atoms with Crippen LogP contribution in [0.3, 0.4) is 0 Å². The molecule has 0 aliphatic carbocycles. The molecule has 2 rings (SSSR count). The second-order valence-electron chi connectivity index (χ2n) is 6.45. The maximum atomic E-state index is 10.4. The molecule has 0 aliphatic heterocycles. The third kappa shape index (κ3) is 5.99. The van der Waals surface area contributed by atoms with Crippen molar-refractivity contribution in [1.29, 1.82) is 0 Å². The van der Waals surface area contributed by atoms with Crippen molar-refractivity contribution < 1.29 is 9.84 Å². The summed E-state index contributed by atoms with van der Waals surface area (Å²) < 4.78 is 5.77. The fourth-order valence-electron chi connectivity index (χ4n) is 2.87. The molecule has 0 spiro atoms. The van der Waals surface area contributed by atoms with E-state index in [1.165, 1.54) is 11.1 Å². The predicted molar refractivity (Wildman–Crippen MR) is 99.4 cm³/mol. The van der Waals surface area contributed by atoms with Crippen molar-refractivity contribution in [2.24, 2.45) is 0 Å². The van der Waals surface area contributed by atoms with Gasteiger partial charge < -0.3 is 9.84 Å². The summed E-state index contributed by atoms with van der Waals surface area (Å²) in [6.07, 6.45) is 0.568. The van der Waals surface area contributed by atoms with Crippen LogP contribution >= 0.6 is 0 Å². The molecule has 0 saturated carbocycles. The van der Waals surface area contributed by atoms with Crippen LogP contribution in [-0.4, -0.2) is 35.8 Å². The number of aliphatic hydroxyl groups is 1. The molecule has 0 saturated heterocycles. The van der Waals surface area contributed by atoms with Crippen molar-refractivity contribution in [1.82, 2.24) is 4.90 Å². The smallest absolute Gasteiger partial charge is 0.122 e. The van der Waals surface area contributed by atoms with Gasteiger partial charge in [-0.1, -0.05) is 55.0 Å².